The summed E-state index contributed by atoms with van der Waals surface area (Å²) >= 11 is 0. The zero-order valence-corrected chi connectivity index (χ0v) is 12.7. The van der Waals surface area contributed by atoms with Gasteiger partial charge in [-0.3, -0.25) is 4.79 Å². The summed E-state index contributed by atoms with van der Waals surface area (Å²) in [6, 6.07) is 11.1. The van der Waals surface area contributed by atoms with E-state index in [1.54, 1.807) is 7.11 Å². The average molecular weight is 286 g/mol. The van der Waals surface area contributed by atoms with Crippen molar-refractivity contribution in [2.75, 3.05) is 12.4 Å². The van der Waals surface area contributed by atoms with Crippen LogP contribution in [0.25, 0.3) is 10.8 Å². The predicted octanol–water partition coefficient (Wildman–Crippen LogP) is 3.16. The van der Waals surface area contributed by atoms with Crippen molar-refractivity contribution in [2.45, 2.75) is 26.3 Å². The monoisotopic (exact) mass is 286 g/mol. The second kappa shape index (κ2) is 6.59. The Morgan fingerprint density at radius 2 is 2.00 bits per heavy atom. The summed E-state index contributed by atoms with van der Waals surface area (Å²) < 4.78 is 5.39. The zero-order chi connectivity index (χ0) is 15.4. The Bertz CT molecular complexity index is 638. The normalized spacial score (nSPS) is 12.4. The number of methoxy groups -OCH3 is 1. The second-order valence-corrected chi connectivity index (χ2v) is 5.62. The van der Waals surface area contributed by atoms with Crippen molar-refractivity contribution in [1.29, 1.82) is 0 Å². The number of hydrogen-bond acceptors (Lipinski definition) is 3. The molecule has 0 bridgehead atoms. The Hall–Kier alpha value is -2.07. The number of ether oxygens (including phenoxy) is 1. The molecule has 112 valence electrons. The molecular formula is C17H22N2O2. The van der Waals surface area contributed by atoms with Crippen molar-refractivity contribution in [3.8, 4) is 5.75 Å². The van der Waals surface area contributed by atoms with Gasteiger partial charge in [-0.15, -0.1) is 0 Å². The fraction of sp³-hybridized carbons (Fsp3) is 0.353. The van der Waals surface area contributed by atoms with Crippen LogP contribution >= 0.6 is 0 Å². The molecule has 0 saturated carbocycles. The van der Waals surface area contributed by atoms with Crippen molar-refractivity contribution >= 4 is 22.4 Å². The molecule has 0 aliphatic heterocycles. The number of fused-ring (bicyclic) bond motifs is 1. The first-order valence-corrected chi connectivity index (χ1v) is 7.14. The maximum absolute atomic E-state index is 12.1. The summed E-state index contributed by atoms with van der Waals surface area (Å²) in [6.45, 7) is 4.10. The van der Waals surface area contributed by atoms with E-state index in [-0.39, 0.29) is 5.91 Å². The lowest BCUT2D eigenvalue weighted by molar-refractivity contribution is -0.117. The first-order valence-electron chi connectivity index (χ1n) is 7.14. The number of hydrogen-bond donors (Lipinski definition) is 2. The van der Waals surface area contributed by atoms with Crippen LogP contribution in [0, 0.1) is 5.92 Å². The van der Waals surface area contributed by atoms with Gasteiger partial charge in [-0.25, -0.2) is 0 Å². The molecule has 3 N–H and O–H groups in total. The molecule has 2 rings (SSSR count). The van der Waals surface area contributed by atoms with Crippen LogP contribution in [-0.2, 0) is 4.79 Å². The fourth-order valence-electron chi connectivity index (χ4n) is 2.37. The standard InChI is InChI=1S/C17H22N2O2/c1-11(2)8-15(18)17(20)19-13-9-12-6-4-5-7-14(12)16(10-13)21-3/h4-7,9-11,15H,8,18H2,1-3H3,(H,19,20). The van der Waals surface area contributed by atoms with E-state index >= 15 is 0 Å². The van der Waals surface area contributed by atoms with Gasteiger partial charge in [-0.1, -0.05) is 38.1 Å². The van der Waals surface area contributed by atoms with E-state index in [4.69, 9.17) is 10.5 Å². The van der Waals surface area contributed by atoms with Gasteiger partial charge in [0.15, 0.2) is 0 Å². The highest BCUT2D eigenvalue weighted by atomic mass is 16.5. The minimum Gasteiger partial charge on any atom is -0.496 e. The highest BCUT2D eigenvalue weighted by molar-refractivity contribution is 5.99. The van der Waals surface area contributed by atoms with E-state index in [0.29, 0.717) is 18.0 Å². The van der Waals surface area contributed by atoms with E-state index in [1.807, 2.05) is 50.2 Å². The van der Waals surface area contributed by atoms with Crippen LogP contribution in [0.4, 0.5) is 5.69 Å². The summed E-state index contributed by atoms with van der Waals surface area (Å²) in [7, 11) is 1.62. The molecule has 21 heavy (non-hydrogen) atoms. The van der Waals surface area contributed by atoms with Gasteiger partial charge in [0.25, 0.3) is 0 Å². The Morgan fingerprint density at radius 1 is 1.29 bits per heavy atom. The molecule has 0 aromatic heterocycles. The minimum absolute atomic E-state index is 0.166. The van der Waals surface area contributed by atoms with Gasteiger partial charge in [0.1, 0.15) is 5.75 Å². The molecule has 4 nitrogen and oxygen atoms in total. The van der Waals surface area contributed by atoms with Gasteiger partial charge in [-0.2, -0.15) is 0 Å². The molecule has 0 heterocycles. The highest BCUT2D eigenvalue weighted by Crippen LogP contribution is 2.29. The first-order chi connectivity index (χ1) is 10.0. The Labute approximate surface area is 125 Å². The molecule has 0 spiro atoms. The third kappa shape index (κ3) is 3.73. The number of carbonyl (C=O) groups excluding carboxylic acids is 1. The summed E-state index contributed by atoms with van der Waals surface area (Å²) in [5.41, 5.74) is 6.61. The van der Waals surface area contributed by atoms with E-state index in [9.17, 15) is 4.79 Å². The average Bonchev–Trinajstić information content (AvgIpc) is 2.45. The molecule has 0 radical (unpaired) electrons. The third-order valence-corrected chi connectivity index (χ3v) is 3.37. The number of anilines is 1. The molecule has 0 fully saturated rings. The zero-order valence-electron chi connectivity index (χ0n) is 12.7. The van der Waals surface area contributed by atoms with Crippen molar-refractivity contribution in [2.24, 2.45) is 11.7 Å². The summed E-state index contributed by atoms with van der Waals surface area (Å²) in [4.78, 5) is 12.1. The van der Waals surface area contributed by atoms with E-state index < -0.39 is 6.04 Å². The molecule has 0 aliphatic carbocycles. The van der Waals surface area contributed by atoms with Crippen LogP contribution in [-0.4, -0.2) is 19.1 Å². The van der Waals surface area contributed by atoms with Crippen LogP contribution < -0.4 is 15.8 Å². The van der Waals surface area contributed by atoms with E-state index in [0.717, 1.165) is 16.5 Å². The van der Waals surface area contributed by atoms with Gasteiger partial charge < -0.3 is 15.8 Å². The Morgan fingerprint density at radius 3 is 2.67 bits per heavy atom. The SMILES string of the molecule is COc1cc(NC(=O)C(N)CC(C)C)cc2ccccc12. The van der Waals surface area contributed by atoms with Gasteiger partial charge in [-0.05, 0) is 23.8 Å². The molecule has 1 amide bonds. The lowest BCUT2D eigenvalue weighted by Crippen LogP contribution is -2.36. The highest BCUT2D eigenvalue weighted by Gasteiger charge is 2.15. The van der Waals surface area contributed by atoms with Crippen LogP contribution in [0.1, 0.15) is 20.3 Å². The number of carbonyl (C=O) groups is 1. The molecule has 1 atom stereocenters. The second-order valence-electron chi connectivity index (χ2n) is 5.62. The first kappa shape index (κ1) is 15.3. The van der Waals surface area contributed by atoms with Crippen LogP contribution in [0.5, 0.6) is 5.75 Å². The van der Waals surface area contributed by atoms with Gasteiger partial charge >= 0.3 is 0 Å². The topological polar surface area (TPSA) is 64.3 Å². The van der Waals surface area contributed by atoms with Crippen LogP contribution in [0.2, 0.25) is 0 Å². The molecule has 0 saturated heterocycles. The molecule has 1 unspecified atom stereocenters. The quantitative estimate of drug-likeness (QED) is 0.887. The largest absolute Gasteiger partial charge is 0.496 e. The molecule has 2 aromatic carbocycles. The van der Waals surface area contributed by atoms with Gasteiger partial charge in [0.2, 0.25) is 5.91 Å². The van der Waals surface area contributed by atoms with E-state index in [1.165, 1.54) is 0 Å². The molecular weight excluding hydrogens is 264 g/mol. The van der Waals surface area contributed by atoms with E-state index in [2.05, 4.69) is 5.32 Å². The summed E-state index contributed by atoms with van der Waals surface area (Å²) in [5.74, 6) is 0.957. The molecule has 4 heteroatoms. The number of amides is 1. The number of rotatable bonds is 5. The number of nitrogens with two attached hydrogens (primary N) is 1. The van der Waals surface area contributed by atoms with Crippen molar-refractivity contribution in [3.05, 3.63) is 36.4 Å². The Balaban J connectivity index is 2.24. The maximum atomic E-state index is 12.1. The summed E-state index contributed by atoms with van der Waals surface area (Å²) in [5, 5.41) is 4.91. The molecule has 0 aliphatic rings. The van der Waals surface area contributed by atoms with Gasteiger partial charge in [0.05, 0.1) is 13.2 Å². The lowest BCUT2D eigenvalue weighted by atomic mass is 10.0. The van der Waals surface area contributed by atoms with Gasteiger partial charge in [0, 0.05) is 17.1 Å². The van der Waals surface area contributed by atoms with Crippen LogP contribution in [0.3, 0.4) is 0 Å². The lowest BCUT2D eigenvalue weighted by Gasteiger charge is -2.15. The van der Waals surface area contributed by atoms with Crippen molar-refractivity contribution < 1.29 is 9.53 Å². The predicted molar refractivity (Wildman–Crippen MR) is 86.6 cm³/mol. The summed E-state index contributed by atoms with van der Waals surface area (Å²) in [6.07, 6.45) is 0.663. The van der Waals surface area contributed by atoms with Crippen molar-refractivity contribution in [1.82, 2.24) is 0 Å². The fourth-order valence-corrected chi connectivity index (χ4v) is 2.37. The maximum Gasteiger partial charge on any atom is 0.241 e. The minimum atomic E-state index is -0.498. The molecule has 2 aromatic rings. The smallest absolute Gasteiger partial charge is 0.241 e. The Kier molecular flexibility index (Phi) is 4.81. The number of nitrogens with one attached hydrogen (secondary N) is 1. The van der Waals surface area contributed by atoms with Crippen molar-refractivity contribution in [3.63, 3.8) is 0 Å². The number of benzene rings is 2. The van der Waals surface area contributed by atoms with Crippen LogP contribution in [0.15, 0.2) is 36.4 Å². The third-order valence-electron chi connectivity index (χ3n) is 3.37.